The van der Waals surface area contributed by atoms with Crippen molar-refractivity contribution < 1.29 is 18.4 Å². The van der Waals surface area contributed by atoms with E-state index in [1.807, 2.05) is 4.72 Å². The molecule has 0 saturated heterocycles. The van der Waals surface area contributed by atoms with Crippen LogP contribution in [0.1, 0.15) is 11.2 Å². The van der Waals surface area contributed by atoms with Crippen molar-refractivity contribution in [3.8, 4) is 0 Å². The zero-order chi connectivity index (χ0) is 16.7. The highest BCUT2D eigenvalue weighted by Crippen LogP contribution is 2.19. The maximum atomic E-state index is 12.2. The van der Waals surface area contributed by atoms with E-state index in [-0.39, 0.29) is 5.82 Å². The molecule has 8 heteroatoms. The molecule has 0 radical (unpaired) electrons. The van der Waals surface area contributed by atoms with Gasteiger partial charge in [-0.1, -0.05) is 5.16 Å². The lowest BCUT2D eigenvalue weighted by atomic mass is 10.3. The summed E-state index contributed by atoms with van der Waals surface area (Å²) in [7, 11) is -4.46. The average Bonchev–Trinajstić information content (AvgIpc) is 2.81. The summed E-state index contributed by atoms with van der Waals surface area (Å²) in [5, 5.41) is 5.81. The van der Waals surface area contributed by atoms with E-state index in [4.69, 9.17) is 5.48 Å². The van der Waals surface area contributed by atoms with Gasteiger partial charge in [-0.15, -0.1) is 4.91 Å². The maximum absolute atomic E-state index is 12.2. The fraction of sp³-hybridized carbons (Fsp3) is 0.100. The van der Waals surface area contributed by atoms with Crippen molar-refractivity contribution in [1.82, 2.24) is 5.16 Å². The monoisotopic (exact) mass is 271 g/mol. The van der Waals surface area contributed by atoms with Gasteiger partial charge in [-0.25, -0.2) is 8.42 Å². The standard InChI is InChI=1S/C10H9N3O4S/c1-7-6-10(12-17-7)13-18(15,16)9-4-2-8(11-14)3-5-9/h2-6H,1H3,(H,12,13)/i2D,3D,4D,5D. The molecular weight excluding hydrogens is 258 g/mol. The summed E-state index contributed by atoms with van der Waals surface area (Å²) in [5.41, 5.74) is -0.758. The fourth-order valence-electron chi connectivity index (χ4n) is 1.08. The number of sulfonamides is 1. The molecule has 18 heavy (non-hydrogen) atoms. The summed E-state index contributed by atoms with van der Waals surface area (Å²) in [5.74, 6) is 0.157. The molecule has 0 fully saturated rings. The number of hydrogen-bond acceptors (Lipinski definition) is 6. The largest absolute Gasteiger partial charge is 0.360 e. The lowest BCUT2D eigenvalue weighted by Gasteiger charge is -2.04. The number of hydrogen-bond donors (Lipinski definition) is 1. The van der Waals surface area contributed by atoms with Gasteiger partial charge in [-0.3, -0.25) is 4.72 Å². The Bertz CT molecular complexity index is 836. The number of nitrogens with one attached hydrogen (secondary N) is 1. The molecule has 1 aromatic carbocycles. The van der Waals surface area contributed by atoms with Gasteiger partial charge in [0.1, 0.15) is 11.4 Å². The van der Waals surface area contributed by atoms with Crippen molar-refractivity contribution in [3.63, 3.8) is 0 Å². The molecule has 1 heterocycles. The fourth-order valence-corrected chi connectivity index (χ4v) is 1.92. The highest BCUT2D eigenvalue weighted by atomic mass is 32.2. The van der Waals surface area contributed by atoms with Gasteiger partial charge in [0.05, 0.1) is 10.4 Å². The van der Waals surface area contributed by atoms with Gasteiger partial charge in [-0.2, -0.15) is 0 Å². The first-order chi connectivity index (χ1) is 10.2. The van der Waals surface area contributed by atoms with Crippen LogP contribution in [0.15, 0.2) is 44.8 Å². The summed E-state index contributed by atoms with van der Waals surface area (Å²) in [6, 6.07) is -2.21. The van der Waals surface area contributed by atoms with E-state index in [2.05, 4.69) is 14.9 Å². The third kappa shape index (κ3) is 2.54. The van der Waals surface area contributed by atoms with Crippen molar-refractivity contribution in [2.24, 2.45) is 5.18 Å². The first kappa shape index (κ1) is 7.98. The molecule has 0 aliphatic heterocycles. The van der Waals surface area contributed by atoms with Crippen LogP contribution in [0, 0.1) is 11.8 Å². The molecule has 0 saturated carbocycles. The Morgan fingerprint density at radius 3 is 2.56 bits per heavy atom. The normalized spacial score (nSPS) is 14.3. The number of aryl methyl sites for hydroxylation is 1. The summed E-state index contributed by atoms with van der Waals surface area (Å²) in [6.07, 6.45) is 0. The molecule has 2 rings (SSSR count). The highest BCUT2D eigenvalue weighted by Gasteiger charge is 2.16. The van der Waals surface area contributed by atoms with Crippen molar-refractivity contribution in [1.29, 1.82) is 0 Å². The molecule has 0 aliphatic rings. The molecule has 0 amide bonds. The molecule has 0 atom stereocenters. The Labute approximate surface area is 108 Å². The van der Waals surface area contributed by atoms with Gasteiger partial charge in [0.25, 0.3) is 10.0 Å². The summed E-state index contributed by atoms with van der Waals surface area (Å²) in [4.78, 5) is 9.66. The van der Waals surface area contributed by atoms with E-state index in [0.717, 1.165) is 0 Å². The molecule has 94 valence electrons. The third-order valence-electron chi connectivity index (χ3n) is 1.82. The zero-order valence-corrected chi connectivity index (χ0v) is 9.83. The molecule has 1 aromatic heterocycles. The van der Waals surface area contributed by atoms with Crippen LogP contribution in [0.3, 0.4) is 0 Å². The molecular formula is C10H9N3O4S. The number of rotatable bonds is 4. The Morgan fingerprint density at radius 1 is 1.39 bits per heavy atom. The van der Waals surface area contributed by atoms with Crippen molar-refractivity contribution in [2.45, 2.75) is 11.8 Å². The van der Waals surface area contributed by atoms with Gasteiger partial charge in [0.2, 0.25) is 0 Å². The van der Waals surface area contributed by atoms with E-state index >= 15 is 0 Å². The lowest BCUT2D eigenvalue weighted by Crippen LogP contribution is -2.12. The Kier molecular flexibility index (Phi) is 2.03. The number of aromatic nitrogens is 1. The van der Waals surface area contributed by atoms with Gasteiger partial charge in [0.15, 0.2) is 5.82 Å². The van der Waals surface area contributed by atoms with Gasteiger partial charge in [0, 0.05) is 6.07 Å². The van der Waals surface area contributed by atoms with Crippen LogP contribution < -0.4 is 4.72 Å². The minimum absolute atomic E-state index is 0.174. The second kappa shape index (κ2) is 4.57. The Morgan fingerprint density at radius 2 is 2.06 bits per heavy atom. The third-order valence-corrected chi connectivity index (χ3v) is 3.04. The molecule has 2 aromatic rings. The van der Waals surface area contributed by atoms with Crippen LogP contribution in [0.5, 0.6) is 0 Å². The first-order valence-corrected chi connectivity index (χ1v) is 6.07. The average molecular weight is 271 g/mol. The second-order valence-corrected chi connectivity index (χ2v) is 4.82. The molecule has 0 spiro atoms. The van der Waals surface area contributed by atoms with Crippen molar-refractivity contribution in [2.75, 3.05) is 4.72 Å². The van der Waals surface area contributed by atoms with Gasteiger partial charge < -0.3 is 4.52 Å². The van der Waals surface area contributed by atoms with Gasteiger partial charge >= 0.3 is 0 Å². The Balaban J connectivity index is 2.63. The molecule has 0 bridgehead atoms. The number of benzene rings is 1. The number of anilines is 1. The quantitative estimate of drug-likeness (QED) is 0.858. The zero-order valence-electron chi connectivity index (χ0n) is 13.0. The van der Waals surface area contributed by atoms with E-state index in [1.165, 1.54) is 13.0 Å². The van der Waals surface area contributed by atoms with E-state index in [1.54, 1.807) is 0 Å². The van der Waals surface area contributed by atoms with Crippen LogP contribution in [0.2, 0.25) is 0 Å². The number of nitrogens with zero attached hydrogens (tertiary/aromatic N) is 2. The molecule has 0 aliphatic carbocycles. The van der Waals surface area contributed by atoms with Crippen LogP contribution >= 0.6 is 0 Å². The molecule has 7 nitrogen and oxygen atoms in total. The van der Waals surface area contributed by atoms with E-state index in [0.29, 0.717) is 5.76 Å². The lowest BCUT2D eigenvalue weighted by molar-refractivity contribution is 0.400. The summed E-state index contributed by atoms with van der Waals surface area (Å²) >= 11 is 0. The van der Waals surface area contributed by atoms with Gasteiger partial charge in [-0.05, 0) is 36.3 Å². The topological polar surface area (TPSA) is 102 Å². The molecule has 1 N–H and O–H groups in total. The van der Waals surface area contributed by atoms with E-state index in [9.17, 15) is 13.3 Å². The van der Waals surface area contributed by atoms with Crippen LogP contribution in [-0.4, -0.2) is 13.6 Å². The SMILES string of the molecule is [2H]c1c([2H])c(S(=O)(=O)Nc2cc(C)on2)c([2H])c([2H])c1N=O. The first-order valence-electron chi connectivity index (χ1n) is 6.59. The predicted octanol–water partition coefficient (Wildman–Crippen LogP) is 2.18. The number of nitroso groups, excluding NO2 is 1. The van der Waals surface area contributed by atoms with Crippen molar-refractivity contribution in [3.05, 3.63) is 40.9 Å². The Hall–Kier alpha value is -2.22. The second-order valence-electron chi connectivity index (χ2n) is 3.20. The smallest absolute Gasteiger partial charge is 0.263 e. The predicted molar refractivity (Wildman–Crippen MR) is 63.9 cm³/mol. The van der Waals surface area contributed by atoms with Crippen LogP contribution in [-0.2, 0) is 10.0 Å². The molecule has 0 unspecified atom stereocenters. The summed E-state index contributed by atoms with van der Waals surface area (Å²) < 4.78 is 61.5. The van der Waals surface area contributed by atoms with Crippen molar-refractivity contribution >= 4 is 21.5 Å². The van der Waals surface area contributed by atoms with E-state index < -0.39 is 44.8 Å². The van der Waals surface area contributed by atoms with Crippen LogP contribution in [0.4, 0.5) is 11.5 Å². The highest BCUT2D eigenvalue weighted by molar-refractivity contribution is 7.92. The maximum Gasteiger partial charge on any atom is 0.263 e. The van der Waals surface area contributed by atoms with Crippen LogP contribution in [0.25, 0.3) is 0 Å². The minimum atomic E-state index is -4.46. The summed E-state index contributed by atoms with van der Waals surface area (Å²) in [6.45, 7) is 1.53. The minimum Gasteiger partial charge on any atom is -0.360 e.